The van der Waals surface area contributed by atoms with Crippen LogP contribution in [0, 0.1) is 5.82 Å². The second kappa shape index (κ2) is 5.62. The number of carbonyl (C=O) groups is 1. The van der Waals surface area contributed by atoms with Crippen LogP contribution >= 0.6 is 0 Å². The summed E-state index contributed by atoms with van der Waals surface area (Å²) in [5.41, 5.74) is 2.41. The first-order valence-corrected chi connectivity index (χ1v) is 6.43. The zero-order valence-electron chi connectivity index (χ0n) is 11.1. The van der Waals surface area contributed by atoms with Gasteiger partial charge in [0.05, 0.1) is 5.52 Å². The van der Waals surface area contributed by atoms with E-state index in [1.54, 1.807) is 35.1 Å². The van der Waals surface area contributed by atoms with Crippen LogP contribution < -0.4 is 10.6 Å². The van der Waals surface area contributed by atoms with Crippen LogP contribution in [0.2, 0.25) is 0 Å². The number of halogens is 1. The van der Waals surface area contributed by atoms with Crippen molar-refractivity contribution in [3.8, 4) is 0 Å². The van der Waals surface area contributed by atoms with Crippen molar-refractivity contribution in [2.75, 3.05) is 5.32 Å². The van der Waals surface area contributed by atoms with Crippen LogP contribution in [-0.2, 0) is 6.54 Å². The van der Waals surface area contributed by atoms with E-state index in [-0.39, 0.29) is 11.8 Å². The first-order chi connectivity index (χ1) is 10.2. The Labute approximate surface area is 120 Å². The van der Waals surface area contributed by atoms with Gasteiger partial charge < -0.3 is 10.6 Å². The highest BCUT2D eigenvalue weighted by atomic mass is 19.1. The summed E-state index contributed by atoms with van der Waals surface area (Å²) in [5.74, 6) is -0.294. The number of pyridine rings is 1. The van der Waals surface area contributed by atoms with E-state index in [2.05, 4.69) is 15.7 Å². The van der Waals surface area contributed by atoms with Crippen molar-refractivity contribution in [3.05, 3.63) is 66.2 Å². The summed E-state index contributed by atoms with van der Waals surface area (Å²) in [5, 5.41) is 9.53. The predicted octanol–water partition coefficient (Wildman–Crippen LogP) is 2.80. The van der Waals surface area contributed by atoms with Crippen LogP contribution in [0.3, 0.4) is 0 Å². The highest BCUT2D eigenvalue weighted by Crippen LogP contribution is 2.11. The minimum absolute atomic E-state index is 0.294. The molecule has 1 aromatic carbocycles. The molecule has 2 heterocycles. The maximum Gasteiger partial charge on any atom is 0.319 e. The van der Waals surface area contributed by atoms with Crippen molar-refractivity contribution >= 4 is 17.2 Å². The van der Waals surface area contributed by atoms with Gasteiger partial charge in [-0.3, -0.25) is 0 Å². The molecule has 0 bridgehead atoms. The van der Waals surface area contributed by atoms with Gasteiger partial charge in [0.25, 0.3) is 0 Å². The average molecular weight is 284 g/mol. The van der Waals surface area contributed by atoms with Crippen molar-refractivity contribution in [1.29, 1.82) is 0 Å². The van der Waals surface area contributed by atoms with Gasteiger partial charge in [-0.15, -0.1) is 0 Å². The molecule has 3 aromatic rings. The van der Waals surface area contributed by atoms with Crippen LogP contribution in [-0.4, -0.2) is 15.6 Å². The number of benzene rings is 1. The Kier molecular flexibility index (Phi) is 3.51. The average Bonchev–Trinajstić information content (AvgIpc) is 2.94. The minimum atomic E-state index is -0.316. The molecule has 2 N–H and O–H groups in total. The normalized spacial score (nSPS) is 10.5. The summed E-state index contributed by atoms with van der Waals surface area (Å²) >= 11 is 0. The summed E-state index contributed by atoms with van der Waals surface area (Å²) in [6, 6.07) is 11.1. The molecular weight excluding hydrogens is 271 g/mol. The van der Waals surface area contributed by atoms with E-state index < -0.39 is 0 Å². The van der Waals surface area contributed by atoms with Gasteiger partial charge in [-0.2, -0.15) is 5.10 Å². The maximum atomic E-state index is 12.8. The van der Waals surface area contributed by atoms with Gasteiger partial charge >= 0.3 is 6.03 Å². The molecule has 0 saturated heterocycles. The number of nitrogens with one attached hydrogen (secondary N) is 2. The van der Waals surface area contributed by atoms with Gasteiger partial charge in [0.1, 0.15) is 5.82 Å². The number of anilines is 1. The number of rotatable bonds is 3. The summed E-state index contributed by atoms with van der Waals surface area (Å²) in [6.45, 7) is 0.334. The molecule has 0 radical (unpaired) electrons. The molecule has 0 atom stereocenters. The summed E-state index contributed by atoms with van der Waals surface area (Å²) in [4.78, 5) is 11.8. The molecule has 106 valence electrons. The standard InChI is InChI=1S/C15H13FN4O/c16-12-3-1-11(2-4-12)10-17-15(21)19-13-6-8-20-14(9-13)5-7-18-20/h1-9H,10H2,(H2,17,19,21). The zero-order valence-corrected chi connectivity index (χ0v) is 11.1. The lowest BCUT2D eigenvalue weighted by Gasteiger charge is -2.08. The molecule has 6 heteroatoms. The number of hydrogen-bond donors (Lipinski definition) is 2. The minimum Gasteiger partial charge on any atom is -0.334 e. The molecular formula is C15H13FN4O. The van der Waals surface area contributed by atoms with Crippen molar-refractivity contribution in [3.63, 3.8) is 0 Å². The smallest absolute Gasteiger partial charge is 0.319 e. The van der Waals surface area contributed by atoms with E-state index in [4.69, 9.17) is 0 Å². The molecule has 2 amide bonds. The Morgan fingerprint density at radius 2 is 2.00 bits per heavy atom. The number of carbonyl (C=O) groups excluding carboxylic acids is 1. The Morgan fingerprint density at radius 1 is 1.19 bits per heavy atom. The van der Waals surface area contributed by atoms with Gasteiger partial charge in [-0.25, -0.2) is 13.7 Å². The van der Waals surface area contributed by atoms with E-state index in [0.717, 1.165) is 11.1 Å². The molecule has 0 fully saturated rings. The molecule has 0 aliphatic carbocycles. The molecule has 0 aliphatic heterocycles. The molecule has 0 unspecified atom stereocenters. The molecule has 0 spiro atoms. The number of urea groups is 1. The van der Waals surface area contributed by atoms with E-state index in [9.17, 15) is 9.18 Å². The molecule has 2 aromatic heterocycles. The van der Waals surface area contributed by atoms with Crippen LogP contribution in [0.15, 0.2) is 54.9 Å². The number of hydrogen-bond acceptors (Lipinski definition) is 2. The molecule has 3 rings (SSSR count). The van der Waals surface area contributed by atoms with Crippen molar-refractivity contribution in [2.24, 2.45) is 0 Å². The summed E-state index contributed by atoms with van der Waals surface area (Å²) in [7, 11) is 0. The van der Waals surface area contributed by atoms with Gasteiger partial charge in [0, 0.05) is 24.6 Å². The fourth-order valence-electron chi connectivity index (χ4n) is 1.96. The second-order valence-electron chi connectivity index (χ2n) is 4.55. The van der Waals surface area contributed by atoms with E-state index in [0.29, 0.717) is 12.2 Å². The third kappa shape index (κ3) is 3.17. The number of fused-ring (bicyclic) bond motifs is 1. The highest BCUT2D eigenvalue weighted by Gasteiger charge is 2.03. The number of amides is 2. The summed E-state index contributed by atoms with van der Waals surface area (Å²) < 4.78 is 14.5. The third-order valence-electron chi connectivity index (χ3n) is 3.02. The molecule has 21 heavy (non-hydrogen) atoms. The van der Waals surface area contributed by atoms with Gasteiger partial charge in [0.2, 0.25) is 0 Å². The second-order valence-corrected chi connectivity index (χ2v) is 4.55. The Hall–Kier alpha value is -2.89. The van der Waals surface area contributed by atoms with Crippen LogP contribution in [0.4, 0.5) is 14.9 Å². The summed E-state index contributed by atoms with van der Waals surface area (Å²) in [6.07, 6.45) is 3.46. The van der Waals surface area contributed by atoms with Crippen molar-refractivity contribution in [1.82, 2.24) is 14.9 Å². The van der Waals surface area contributed by atoms with Crippen LogP contribution in [0.25, 0.3) is 5.52 Å². The fraction of sp³-hybridized carbons (Fsp3) is 0.0667. The Balaban J connectivity index is 1.59. The molecule has 5 nitrogen and oxygen atoms in total. The fourth-order valence-corrected chi connectivity index (χ4v) is 1.96. The molecule has 0 aliphatic rings. The lowest BCUT2D eigenvalue weighted by molar-refractivity contribution is 0.251. The topological polar surface area (TPSA) is 58.4 Å². The van der Waals surface area contributed by atoms with Gasteiger partial charge in [-0.05, 0) is 35.9 Å². The third-order valence-corrected chi connectivity index (χ3v) is 3.02. The monoisotopic (exact) mass is 284 g/mol. The van der Waals surface area contributed by atoms with Crippen LogP contribution in [0.1, 0.15) is 5.56 Å². The lowest BCUT2D eigenvalue weighted by Crippen LogP contribution is -2.28. The quantitative estimate of drug-likeness (QED) is 0.777. The largest absolute Gasteiger partial charge is 0.334 e. The van der Waals surface area contributed by atoms with Gasteiger partial charge in [0.15, 0.2) is 0 Å². The van der Waals surface area contributed by atoms with Gasteiger partial charge in [-0.1, -0.05) is 12.1 Å². The maximum absolute atomic E-state index is 12.8. The predicted molar refractivity (Wildman–Crippen MR) is 77.5 cm³/mol. The molecule has 0 saturated carbocycles. The number of aromatic nitrogens is 2. The van der Waals surface area contributed by atoms with E-state index in [1.807, 2.05) is 12.1 Å². The first kappa shape index (κ1) is 13.1. The van der Waals surface area contributed by atoms with E-state index >= 15 is 0 Å². The zero-order chi connectivity index (χ0) is 14.7. The van der Waals surface area contributed by atoms with Crippen LogP contribution in [0.5, 0.6) is 0 Å². The first-order valence-electron chi connectivity index (χ1n) is 6.43. The highest BCUT2D eigenvalue weighted by molar-refractivity contribution is 5.89. The Bertz CT molecular complexity index is 767. The van der Waals surface area contributed by atoms with Crippen molar-refractivity contribution in [2.45, 2.75) is 6.54 Å². The lowest BCUT2D eigenvalue weighted by atomic mass is 10.2. The number of nitrogens with zero attached hydrogens (tertiary/aromatic N) is 2. The Morgan fingerprint density at radius 3 is 2.81 bits per heavy atom. The van der Waals surface area contributed by atoms with Crippen molar-refractivity contribution < 1.29 is 9.18 Å². The SMILES string of the molecule is O=C(NCc1ccc(F)cc1)Nc1ccn2nccc2c1. The van der Waals surface area contributed by atoms with E-state index in [1.165, 1.54) is 12.1 Å².